The van der Waals surface area contributed by atoms with Crippen LogP contribution in [0.15, 0.2) is 29.0 Å². The summed E-state index contributed by atoms with van der Waals surface area (Å²) < 4.78 is 15.9. The maximum Gasteiger partial charge on any atom is 0.141 e. The minimum atomic E-state index is -0.256. The van der Waals surface area contributed by atoms with Crippen LogP contribution in [0.2, 0.25) is 0 Å². The van der Waals surface area contributed by atoms with Crippen molar-refractivity contribution in [2.75, 3.05) is 6.54 Å². The van der Waals surface area contributed by atoms with Gasteiger partial charge in [0.2, 0.25) is 0 Å². The van der Waals surface area contributed by atoms with Crippen molar-refractivity contribution >= 4 is 15.9 Å². The van der Waals surface area contributed by atoms with E-state index in [0.717, 1.165) is 22.4 Å². The van der Waals surface area contributed by atoms with Crippen molar-refractivity contribution in [2.24, 2.45) is 5.92 Å². The van der Waals surface area contributed by atoms with E-state index in [1.54, 1.807) is 4.68 Å². The Labute approximate surface area is 126 Å². The summed E-state index contributed by atoms with van der Waals surface area (Å²) >= 11 is 3.30. The zero-order valence-electron chi connectivity index (χ0n) is 11.6. The van der Waals surface area contributed by atoms with Crippen molar-refractivity contribution in [3.05, 3.63) is 46.2 Å². The van der Waals surface area contributed by atoms with E-state index in [4.69, 9.17) is 0 Å². The molecule has 0 bridgehead atoms. The zero-order chi connectivity index (χ0) is 14.5. The molecule has 0 amide bonds. The molecule has 0 spiro atoms. The summed E-state index contributed by atoms with van der Waals surface area (Å²) in [7, 11) is 0. The highest BCUT2D eigenvalue weighted by Crippen LogP contribution is 2.16. The van der Waals surface area contributed by atoms with Crippen LogP contribution in [0.3, 0.4) is 0 Å². The molecule has 108 valence electrons. The number of aromatic nitrogens is 3. The average molecular weight is 341 g/mol. The molecule has 0 aliphatic rings. The third kappa shape index (κ3) is 4.38. The van der Waals surface area contributed by atoms with E-state index in [0.29, 0.717) is 19.0 Å². The molecule has 4 nitrogen and oxygen atoms in total. The van der Waals surface area contributed by atoms with Gasteiger partial charge < -0.3 is 5.32 Å². The molecule has 1 heterocycles. The highest BCUT2D eigenvalue weighted by Gasteiger charge is 2.07. The topological polar surface area (TPSA) is 42.7 Å². The monoisotopic (exact) mass is 340 g/mol. The molecule has 1 aromatic carbocycles. The predicted octanol–water partition coefficient (Wildman–Crippen LogP) is 2.97. The molecule has 0 radical (unpaired) electrons. The van der Waals surface area contributed by atoms with Gasteiger partial charge in [0.25, 0.3) is 0 Å². The van der Waals surface area contributed by atoms with Crippen LogP contribution in [0.4, 0.5) is 4.39 Å². The van der Waals surface area contributed by atoms with Crippen LogP contribution in [-0.4, -0.2) is 21.3 Å². The van der Waals surface area contributed by atoms with Crippen molar-refractivity contribution in [3.8, 4) is 0 Å². The van der Waals surface area contributed by atoms with Crippen molar-refractivity contribution in [3.63, 3.8) is 0 Å². The van der Waals surface area contributed by atoms with Gasteiger partial charge in [-0.05, 0) is 36.2 Å². The number of hydrogen-bond donors (Lipinski definition) is 1. The van der Waals surface area contributed by atoms with Crippen molar-refractivity contribution in [2.45, 2.75) is 26.9 Å². The number of halogens is 2. The molecular formula is C14H18BrFN4. The SMILES string of the molecule is CC(C)CNCc1ncnn1Cc1cc(F)cc(Br)c1. The first kappa shape index (κ1) is 15.1. The van der Waals surface area contributed by atoms with Crippen LogP contribution in [0.25, 0.3) is 0 Å². The van der Waals surface area contributed by atoms with Crippen LogP contribution >= 0.6 is 15.9 Å². The maximum atomic E-state index is 13.4. The first-order valence-electron chi connectivity index (χ1n) is 6.57. The normalized spacial score (nSPS) is 11.2. The largest absolute Gasteiger partial charge is 0.310 e. The lowest BCUT2D eigenvalue weighted by Crippen LogP contribution is -2.22. The lowest BCUT2D eigenvalue weighted by atomic mass is 10.2. The maximum absolute atomic E-state index is 13.4. The molecule has 0 unspecified atom stereocenters. The Morgan fingerprint density at radius 2 is 2.15 bits per heavy atom. The fourth-order valence-corrected chi connectivity index (χ4v) is 2.42. The lowest BCUT2D eigenvalue weighted by molar-refractivity contribution is 0.523. The molecule has 0 aliphatic heterocycles. The summed E-state index contributed by atoms with van der Waals surface area (Å²) in [5.41, 5.74) is 0.854. The van der Waals surface area contributed by atoms with Gasteiger partial charge in [-0.2, -0.15) is 5.10 Å². The Morgan fingerprint density at radius 3 is 2.85 bits per heavy atom. The Bertz CT molecular complexity index is 548. The van der Waals surface area contributed by atoms with E-state index in [9.17, 15) is 4.39 Å². The molecule has 0 atom stereocenters. The van der Waals surface area contributed by atoms with Crippen LogP contribution < -0.4 is 5.32 Å². The summed E-state index contributed by atoms with van der Waals surface area (Å²) in [6.07, 6.45) is 1.53. The molecule has 2 aromatic rings. The first-order valence-corrected chi connectivity index (χ1v) is 7.36. The van der Waals surface area contributed by atoms with Gasteiger partial charge in [0.15, 0.2) is 0 Å². The summed E-state index contributed by atoms with van der Waals surface area (Å²) in [4.78, 5) is 4.24. The summed E-state index contributed by atoms with van der Waals surface area (Å²) in [6, 6.07) is 4.84. The minimum absolute atomic E-state index is 0.256. The predicted molar refractivity (Wildman–Crippen MR) is 79.8 cm³/mol. The van der Waals surface area contributed by atoms with E-state index >= 15 is 0 Å². The van der Waals surface area contributed by atoms with Crippen molar-refractivity contribution in [1.29, 1.82) is 0 Å². The van der Waals surface area contributed by atoms with Crippen LogP contribution in [0.5, 0.6) is 0 Å². The number of benzene rings is 1. The third-order valence-corrected chi connectivity index (χ3v) is 3.24. The first-order chi connectivity index (χ1) is 9.54. The van der Waals surface area contributed by atoms with Gasteiger partial charge in [-0.25, -0.2) is 14.1 Å². The van der Waals surface area contributed by atoms with Crippen molar-refractivity contribution in [1.82, 2.24) is 20.1 Å². The second-order valence-electron chi connectivity index (χ2n) is 5.14. The fraction of sp³-hybridized carbons (Fsp3) is 0.429. The van der Waals surface area contributed by atoms with Gasteiger partial charge in [0.1, 0.15) is 18.0 Å². The molecule has 20 heavy (non-hydrogen) atoms. The second-order valence-corrected chi connectivity index (χ2v) is 6.05. The molecule has 2 rings (SSSR count). The summed E-state index contributed by atoms with van der Waals surface area (Å²) in [5.74, 6) is 1.19. The molecule has 0 fully saturated rings. The van der Waals surface area contributed by atoms with E-state index in [1.165, 1.54) is 18.5 Å². The van der Waals surface area contributed by atoms with Gasteiger partial charge >= 0.3 is 0 Å². The highest BCUT2D eigenvalue weighted by molar-refractivity contribution is 9.10. The average Bonchev–Trinajstić information content (AvgIpc) is 2.75. The second kappa shape index (κ2) is 6.95. The number of nitrogens with one attached hydrogen (secondary N) is 1. The van der Waals surface area contributed by atoms with Gasteiger partial charge in [0.05, 0.1) is 13.1 Å². The Balaban J connectivity index is 2.04. The van der Waals surface area contributed by atoms with Crippen LogP contribution in [0, 0.1) is 11.7 Å². The summed E-state index contributed by atoms with van der Waals surface area (Å²) in [5, 5.41) is 7.53. The Hall–Kier alpha value is -1.27. The quantitative estimate of drug-likeness (QED) is 0.878. The summed E-state index contributed by atoms with van der Waals surface area (Å²) in [6.45, 7) is 6.41. The fourth-order valence-electron chi connectivity index (χ4n) is 1.90. The van der Waals surface area contributed by atoms with E-state index in [2.05, 4.69) is 45.2 Å². The van der Waals surface area contributed by atoms with E-state index in [-0.39, 0.29) is 5.82 Å². The number of hydrogen-bond acceptors (Lipinski definition) is 3. The molecule has 6 heteroatoms. The molecule has 0 saturated heterocycles. The third-order valence-electron chi connectivity index (χ3n) is 2.79. The smallest absolute Gasteiger partial charge is 0.141 e. The van der Waals surface area contributed by atoms with Gasteiger partial charge in [-0.1, -0.05) is 29.8 Å². The highest BCUT2D eigenvalue weighted by atomic mass is 79.9. The Kier molecular flexibility index (Phi) is 5.25. The zero-order valence-corrected chi connectivity index (χ0v) is 13.2. The van der Waals surface area contributed by atoms with Crippen LogP contribution in [0.1, 0.15) is 25.2 Å². The molecule has 1 N–H and O–H groups in total. The number of nitrogens with zero attached hydrogens (tertiary/aromatic N) is 3. The number of rotatable bonds is 6. The Morgan fingerprint density at radius 1 is 1.35 bits per heavy atom. The standard InChI is InChI=1S/C14H18BrFN4/c1-10(2)6-17-7-14-18-9-19-20(14)8-11-3-12(15)5-13(16)4-11/h3-5,9-10,17H,6-8H2,1-2H3. The van der Waals surface area contributed by atoms with E-state index in [1.807, 2.05) is 6.07 Å². The molecule has 1 aromatic heterocycles. The van der Waals surface area contributed by atoms with Crippen LogP contribution in [-0.2, 0) is 13.1 Å². The van der Waals surface area contributed by atoms with Crippen molar-refractivity contribution < 1.29 is 4.39 Å². The van der Waals surface area contributed by atoms with E-state index < -0.39 is 0 Å². The minimum Gasteiger partial charge on any atom is -0.310 e. The van der Waals surface area contributed by atoms with Gasteiger partial charge in [-0.15, -0.1) is 0 Å². The molecule has 0 saturated carbocycles. The molecular weight excluding hydrogens is 323 g/mol. The lowest BCUT2D eigenvalue weighted by Gasteiger charge is -2.09. The van der Waals surface area contributed by atoms with Gasteiger partial charge in [-0.3, -0.25) is 0 Å². The molecule has 0 aliphatic carbocycles. The van der Waals surface area contributed by atoms with Gasteiger partial charge in [0, 0.05) is 4.47 Å².